The lowest BCUT2D eigenvalue weighted by atomic mass is 10.0. The van der Waals surface area contributed by atoms with Gasteiger partial charge in [-0.15, -0.1) is 0 Å². The summed E-state index contributed by atoms with van der Waals surface area (Å²) in [6.45, 7) is 0. The van der Waals surface area contributed by atoms with Gasteiger partial charge in [-0.1, -0.05) is 42.5 Å². The zero-order valence-electron chi connectivity index (χ0n) is 20.3. The molecule has 3 aromatic carbocycles. The summed E-state index contributed by atoms with van der Waals surface area (Å²) in [6.07, 6.45) is 3.12. The average molecular weight is 550 g/mol. The minimum atomic E-state index is -3.97. The van der Waals surface area contributed by atoms with Crippen LogP contribution in [-0.2, 0) is 14.8 Å². The number of benzene rings is 3. The molecule has 12 heteroatoms. The molecule has 0 aliphatic carbocycles. The van der Waals surface area contributed by atoms with Crippen molar-refractivity contribution in [3.63, 3.8) is 0 Å². The lowest BCUT2D eigenvalue weighted by Gasteiger charge is -2.11. The minimum Gasteiger partial charge on any atom is -0.481 e. The van der Waals surface area contributed by atoms with Crippen LogP contribution in [0, 0.1) is 0 Å². The van der Waals surface area contributed by atoms with E-state index in [1.807, 2.05) is 42.5 Å². The van der Waals surface area contributed by atoms with E-state index in [1.165, 1.54) is 50.6 Å². The summed E-state index contributed by atoms with van der Waals surface area (Å²) in [4.78, 5) is 20.2. The first-order chi connectivity index (χ1) is 18.3. The Morgan fingerprint density at radius 1 is 0.947 bits per heavy atom. The monoisotopic (exact) mass is 549 g/mol. The predicted molar refractivity (Wildman–Crippen MR) is 150 cm³/mol. The summed E-state index contributed by atoms with van der Waals surface area (Å²) < 4.78 is 37.9. The number of nitrogens with one attached hydrogen (secondary N) is 3. The number of hydrogen-bond donors (Lipinski definition) is 3. The maximum Gasteiger partial charge on any atom is 0.321 e. The maximum atomic E-state index is 12.8. The molecule has 0 saturated heterocycles. The van der Waals surface area contributed by atoms with E-state index >= 15 is 0 Å². The van der Waals surface area contributed by atoms with Crippen LogP contribution >= 0.6 is 12.2 Å². The van der Waals surface area contributed by atoms with Crippen molar-refractivity contribution in [2.24, 2.45) is 0 Å². The molecule has 0 aliphatic heterocycles. The number of hydrogen-bond acceptors (Lipinski definition) is 8. The van der Waals surface area contributed by atoms with Gasteiger partial charge in [0.1, 0.15) is 0 Å². The number of amides is 1. The van der Waals surface area contributed by atoms with Gasteiger partial charge < -0.3 is 14.8 Å². The van der Waals surface area contributed by atoms with Crippen LogP contribution in [0.2, 0.25) is 0 Å². The molecule has 1 aromatic heterocycles. The molecule has 10 nitrogen and oxygen atoms in total. The fraction of sp³-hybridized carbons (Fsp3) is 0.0769. The Kier molecular flexibility index (Phi) is 8.14. The van der Waals surface area contributed by atoms with Gasteiger partial charge in [0.15, 0.2) is 10.9 Å². The summed E-state index contributed by atoms with van der Waals surface area (Å²) in [6, 6.07) is 20.8. The Morgan fingerprint density at radius 2 is 1.68 bits per heavy atom. The van der Waals surface area contributed by atoms with Crippen LogP contribution in [-0.4, -0.2) is 43.6 Å². The third kappa shape index (κ3) is 6.60. The molecule has 0 bridgehead atoms. The van der Waals surface area contributed by atoms with Crippen LogP contribution in [0.25, 0.3) is 16.8 Å². The van der Waals surface area contributed by atoms with Crippen molar-refractivity contribution in [2.45, 2.75) is 4.90 Å². The van der Waals surface area contributed by atoms with Gasteiger partial charge in [-0.2, -0.15) is 9.97 Å². The second-order valence-corrected chi connectivity index (χ2v) is 9.85. The lowest BCUT2D eigenvalue weighted by molar-refractivity contribution is -0.115. The van der Waals surface area contributed by atoms with Crippen molar-refractivity contribution in [3.05, 3.63) is 84.4 Å². The van der Waals surface area contributed by atoms with Crippen molar-refractivity contribution in [1.82, 2.24) is 15.3 Å². The molecule has 38 heavy (non-hydrogen) atoms. The zero-order valence-corrected chi connectivity index (χ0v) is 22.0. The smallest absolute Gasteiger partial charge is 0.321 e. The maximum absolute atomic E-state index is 12.8. The molecule has 0 aliphatic rings. The normalized spacial score (nSPS) is 11.2. The fourth-order valence-electron chi connectivity index (χ4n) is 3.44. The molecule has 3 N–H and O–H groups in total. The Labute approximate surface area is 224 Å². The van der Waals surface area contributed by atoms with Gasteiger partial charge in [0, 0.05) is 17.8 Å². The van der Waals surface area contributed by atoms with E-state index in [2.05, 4.69) is 25.3 Å². The first-order valence-electron chi connectivity index (χ1n) is 11.1. The van der Waals surface area contributed by atoms with Crippen molar-refractivity contribution in [2.75, 3.05) is 24.3 Å². The summed E-state index contributed by atoms with van der Waals surface area (Å²) in [5.41, 5.74) is 1.39. The second-order valence-electron chi connectivity index (χ2n) is 7.76. The van der Waals surface area contributed by atoms with Gasteiger partial charge in [-0.3, -0.25) is 14.8 Å². The number of thiocarbonyl (C=S) groups is 1. The molecular formula is C26H23N5O5S2. The summed E-state index contributed by atoms with van der Waals surface area (Å²) in [5, 5.41) is 7.59. The number of carbonyl (C=O) groups excluding carboxylic acids is 1. The van der Waals surface area contributed by atoms with Crippen molar-refractivity contribution in [1.29, 1.82) is 0 Å². The molecule has 4 rings (SSSR count). The Hall–Kier alpha value is -4.55. The highest BCUT2D eigenvalue weighted by molar-refractivity contribution is 7.92. The number of carbonyl (C=O) groups is 1. The number of methoxy groups -OCH3 is 2. The number of anilines is 2. The molecule has 1 amide bonds. The van der Waals surface area contributed by atoms with E-state index in [0.717, 1.165) is 16.3 Å². The van der Waals surface area contributed by atoms with E-state index in [1.54, 1.807) is 6.08 Å². The largest absolute Gasteiger partial charge is 0.481 e. The number of rotatable bonds is 8. The minimum absolute atomic E-state index is 0.0173. The molecule has 194 valence electrons. The standard InChI is InChI=1S/C26H23N5O5S2/c1-35-24-16-22(28-25(30-24)36-2)31-38(33,34)20-13-11-19(12-14-20)27-26(37)29-23(32)15-10-18-8-5-7-17-6-3-4-9-21(17)18/h3-16H,1-2H3,(H,28,30,31)(H2,27,29,32,37)/b15-10+. The molecule has 4 aromatic rings. The van der Waals surface area contributed by atoms with Crippen LogP contribution in [0.3, 0.4) is 0 Å². The van der Waals surface area contributed by atoms with E-state index in [4.69, 9.17) is 21.7 Å². The summed E-state index contributed by atoms with van der Waals surface area (Å²) in [7, 11) is -1.22. The average Bonchev–Trinajstić information content (AvgIpc) is 2.91. The molecule has 0 radical (unpaired) electrons. The molecule has 0 atom stereocenters. The molecule has 0 spiro atoms. The Morgan fingerprint density at radius 3 is 2.42 bits per heavy atom. The molecule has 0 unspecified atom stereocenters. The third-order valence-corrected chi connectivity index (χ3v) is 6.78. The quantitative estimate of drug-likeness (QED) is 0.221. The Bertz CT molecular complexity index is 1600. The molecule has 0 fully saturated rings. The van der Waals surface area contributed by atoms with E-state index < -0.39 is 15.9 Å². The van der Waals surface area contributed by atoms with Gasteiger partial charge in [-0.25, -0.2) is 8.42 Å². The SMILES string of the molecule is COc1cc(NS(=O)(=O)c2ccc(NC(=S)NC(=O)/C=C/c3cccc4ccccc34)cc2)nc(OC)n1. The lowest BCUT2D eigenvalue weighted by Crippen LogP contribution is -2.32. The first-order valence-corrected chi connectivity index (χ1v) is 13.0. The second kappa shape index (κ2) is 11.7. The number of sulfonamides is 1. The van der Waals surface area contributed by atoms with E-state index in [9.17, 15) is 13.2 Å². The van der Waals surface area contributed by atoms with Gasteiger partial charge in [0.05, 0.1) is 19.1 Å². The van der Waals surface area contributed by atoms with Crippen LogP contribution in [0.1, 0.15) is 5.56 Å². The van der Waals surface area contributed by atoms with Crippen molar-refractivity contribution in [3.8, 4) is 11.9 Å². The van der Waals surface area contributed by atoms with Gasteiger partial charge in [-0.05, 0) is 58.9 Å². The zero-order chi connectivity index (χ0) is 27.1. The van der Waals surface area contributed by atoms with Crippen LogP contribution in [0.4, 0.5) is 11.5 Å². The number of ether oxygens (including phenoxy) is 2. The molecular weight excluding hydrogens is 526 g/mol. The summed E-state index contributed by atoms with van der Waals surface area (Å²) in [5.74, 6) is -0.289. The Balaban J connectivity index is 1.37. The number of aromatic nitrogens is 2. The van der Waals surface area contributed by atoms with Gasteiger partial charge in [0.25, 0.3) is 10.0 Å². The van der Waals surface area contributed by atoms with E-state index in [0.29, 0.717) is 5.69 Å². The van der Waals surface area contributed by atoms with E-state index in [-0.39, 0.29) is 27.7 Å². The first kappa shape index (κ1) is 26.5. The van der Waals surface area contributed by atoms with Gasteiger partial charge in [0.2, 0.25) is 11.8 Å². The topological polar surface area (TPSA) is 132 Å². The number of fused-ring (bicyclic) bond motifs is 1. The van der Waals surface area contributed by atoms with Crippen molar-refractivity contribution >= 4 is 61.6 Å². The highest BCUT2D eigenvalue weighted by Crippen LogP contribution is 2.22. The van der Waals surface area contributed by atoms with Crippen LogP contribution in [0.5, 0.6) is 11.9 Å². The summed E-state index contributed by atoms with van der Waals surface area (Å²) >= 11 is 5.22. The van der Waals surface area contributed by atoms with Crippen LogP contribution < -0.4 is 24.8 Å². The van der Waals surface area contributed by atoms with Crippen molar-refractivity contribution < 1.29 is 22.7 Å². The predicted octanol–water partition coefficient (Wildman–Crippen LogP) is 3.97. The van der Waals surface area contributed by atoms with Crippen LogP contribution in [0.15, 0.2) is 83.8 Å². The molecule has 0 saturated carbocycles. The highest BCUT2D eigenvalue weighted by atomic mass is 32.2. The highest BCUT2D eigenvalue weighted by Gasteiger charge is 2.17. The number of nitrogens with zero attached hydrogens (tertiary/aromatic N) is 2. The fourth-order valence-corrected chi connectivity index (χ4v) is 4.65. The third-order valence-electron chi connectivity index (χ3n) is 5.21. The molecule has 1 heterocycles. The van der Waals surface area contributed by atoms with Gasteiger partial charge >= 0.3 is 6.01 Å².